The van der Waals surface area contributed by atoms with Gasteiger partial charge in [-0.15, -0.1) is 0 Å². The Labute approximate surface area is 137 Å². The van der Waals surface area contributed by atoms with Crippen LogP contribution in [-0.2, 0) is 9.84 Å². The maximum atomic E-state index is 12.4. The third-order valence-corrected chi connectivity index (χ3v) is 6.20. The molecule has 3 rings (SSSR count). The van der Waals surface area contributed by atoms with E-state index in [1.807, 2.05) is 29.9 Å². The number of benzene rings is 1. The van der Waals surface area contributed by atoms with Crippen molar-refractivity contribution in [3.8, 4) is 0 Å². The molecule has 2 aromatic rings. The number of sulfone groups is 1. The molecule has 0 spiro atoms. The van der Waals surface area contributed by atoms with Gasteiger partial charge in [-0.2, -0.15) is 5.10 Å². The minimum atomic E-state index is -3.22. The highest BCUT2D eigenvalue weighted by atomic mass is 32.2. The quantitative estimate of drug-likeness (QED) is 0.863. The minimum absolute atomic E-state index is 0.125. The van der Waals surface area contributed by atoms with Crippen LogP contribution >= 0.6 is 0 Å². The highest BCUT2D eigenvalue weighted by Crippen LogP contribution is 2.31. The fourth-order valence-electron chi connectivity index (χ4n) is 3.16. The summed E-state index contributed by atoms with van der Waals surface area (Å²) in [6.45, 7) is 5.40. The zero-order valence-electron chi connectivity index (χ0n) is 13.6. The predicted molar refractivity (Wildman–Crippen MR) is 91.6 cm³/mol. The number of rotatable bonds is 4. The summed E-state index contributed by atoms with van der Waals surface area (Å²) in [5, 5.41) is 4.43. The fraction of sp³-hybridized carbons (Fsp3) is 0.471. The number of aryl methyl sites for hydroxylation is 1. The van der Waals surface area contributed by atoms with Gasteiger partial charge in [0.05, 0.1) is 28.6 Å². The molecule has 1 aliphatic heterocycles. The second-order valence-corrected chi connectivity index (χ2v) is 8.36. The Morgan fingerprint density at radius 3 is 2.78 bits per heavy atom. The normalized spacial score (nSPS) is 19.0. The third-order valence-electron chi connectivity index (χ3n) is 4.42. The second-order valence-electron chi connectivity index (χ2n) is 6.11. The van der Waals surface area contributed by atoms with Crippen LogP contribution in [0.2, 0.25) is 0 Å². The van der Waals surface area contributed by atoms with Gasteiger partial charge < -0.3 is 4.90 Å². The lowest BCUT2D eigenvalue weighted by atomic mass is 10.1. The average Bonchev–Trinajstić information content (AvgIpc) is 3.01. The zero-order chi connectivity index (χ0) is 16.4. The van der Waals surface area contributed by atoms with E-state index in [1.54, 1.807) is 19.1 Å². The predicted octanol–water partition coefficient (Wildman–Crippen LogP) is 2.83. The summed E-state index contributed by atoms with van der Waals surface area (Å²) in [6, 6.07) is 7.63. The molecule has 23 heavy (non-hydrogen) atoms. The van der Waals surface area contributed by atoms with Crippen LogP contribution in [0.15, 0.2) is 41.6 Å². The molecule has 1 aromatic heterocycles. The first-order chi connectivity index (χ1) is 11.0. The van der Waals surface area contributed by atoms with Gasteiger partial charge in [-0.1, -0.05) is 19.1 Å². The number of aromatic nitrogens is 2. The van der Waals surface area contributed by atoms with Crippen molar-refractivity contribution in [3.63, 3.8) is 0 Å². The van der Waals surface area contributed by atoms with Gasteiger partial charge in [-0.3, -0.25) is 4.68 Å². The van der Waals surface area contributed by atoms with Gasteiger partial charge in [0, 0.05) is 19.3 Å². The van der Waals surface area contributed by atoms with E-state index in [0.29, 0.717) is 4.90 Å². The van der Waals surface area contributed by atoms with Gasteiger partial charge in [-0.05, 0) is 37.5 Å². The van der Waals surface area contributed by atoms with Crippen molar-refractivity contribution >= 4 is 15.5 Å². The summed E-state index contributed by atoms with van der Waals surface area (Å²) in [5.41, 5.74) is 1.97. The molecule has 0 unspecified atom stereocenters. The van der Waals surface area contributed by atoms with E-state index < -0.39 is 9.84 Å². The summed E-state index contributed by atoms with van der Waals surface area (Å²) < 4.78 is 26.8. The standard InChI is InChI=1S/C17H23N3O2S/c1-3-23(21,22)17-9-5-4-8-16(17)19-10-6-7-15(13-19)20-12-14(2)11-18-20/h4-5,8-9,11-12,15H,3,6-7,10,13H2,1-2H3/t15-/m1/s1. The minimum Gasteiger partial charge on any atom is -0.368 e. The molecule has 1 saturated heterocycles. The smallest absolute Gasteiger partial charge is 0.180 e. The summed E-state index contributed by atoms with van der Waals surface area (Å²) >= 11 is 0. The topological polar surface area (TPSA) is 55.2 Å². The first kappa shape index (κ1) is 16.1. The lowest BCUT2D eigenvalue weighted by Crippen LogP contribution is -2.37. The molecule has 2 heterocycles. The molecule has 0 amide bonds. The molecule has 1 aliphatic rings. The highest BCUT2D eigenvalue weighted by molar-refractivity contribution is 7.91. The average molecular weight is 333 g/mol. The Kier molecular flexibility index (Phi) is 4.43. The molecule has 0 bridgehead atoms. The highest BCUT2D eigenvalue weighted by Gasteiger charge is 2.26. The van der Waals surface area contributed by atoms with Crippen LogP contribution in [0.5, 0.6) is 0 Å². The van der Waals surface area contributed by atoms with Crippen molar-refractivity contribution in [3.05, 3.63) is 42.2 Å². The summed E-state index contributed by atoms with van der Waals surface area (Å²) in [5.74, 6) is 0.125. The van der Waals surface area contributed by atoms with Gasteiger partial charge in [0.25, 0.3) is 0 Å². The van der Waals surface area contributed by atoms with E-state index in [2.05, 4.69) is 16.2 Å². The molecule has 124 valence electrons. The Morgan fingerprint density at radius 2 is 2.09 bits per heavy atom. The van der Waals surface area contributed by atoms with Crippen LogP contribution in [0.3, 0.4) is 0 Å². The van der Waals surface area contributed by atoms with Crippen LogP contribution < -0.4 is 4.90 Å². The molecule has 0 N–H and O–H groups in total. The zero-order valence-corrected chi connectivity index (χ0v) is 14.5. The van der Waals surface area contributed by atoms with E-state index in [1.165, 1.54) is 0 Å². The van der Waals surface area contributed by atoms with E-state index >= 15 is 0 Å². The van der Waals surface area contributed by atoms with Crippen LogP contribution in [0, 0.1) is 6.92 Å². The lowest BCUT2D eigenvalue weighted by molar-refractivity contribution is 0.375. The van der Waals surface area contributed by atoms with Crippen molar-refractivity contribution < 1.29 is 8.42 Å². The molecular weight excluding hydrogens is 310 g/mol. The summed E-state index contributed by atoms with van der Waals surface area (Å²) in [7, 11) is -3.22. The Hall–Kier alpha value is -1.82. The molecule has 0 radical (unpaired) electrons. The van der Waals surface area contributed by atoms with Crippen molar-refractivity contribution in [1.29, 1.82) is 0 Å². The SMILES string of the molecule is CCS(=O)(=O)c1ccccc1N1CCC[C@@H](n2cc(C)cn2)C1. The number of anilines is 1. The second kappa shape index (κ2) is 6.35. The molecular formula is C17H23N3O2S. The molecule has 1 aromatic carbocycles. The van der Waals surface area contributed by atoms with E-state index in [9.17, 15) is 8.42 Å². The van der Waals surface area contributed by atoms with Crippen LogP contribution in [0.25, 0.3) is 0 Å². The van der Waals surface area contributed by atoms with Crippen LogP contribution in [0.1, 0.15) is 31.4 Å². The summed E-state index contributed by atoms with van der Waals surface area (Å²) in [4.78, 5) is 2.63. The van der Waals surface area contributed by atoms with Crippen LogP contribution in [-0.4, -0.2) is 37.0 Å². The Bertz CT molecular complexity index is 783. The maximum Gasteiger partial charge on any atom is 0.180 e. The number of hydrogen-bond donors (Lipinski definition) is 0. The lowest BCUT2D eigenvalue weighted by Gasteiger charge is -2.35. The molecule has 1 fully saturated rings. The van der Waals surface area contributed by atoms with Gasteiger partial charge >= 0.3 is 0 Å². The van der Waals surface area contributed by atoms with Crippen molar-refractivity contribution in [2.45, 2.75) is 37.6 Å². The van der Waals surface area contributed by atoms with Gasteiger partial charge in [0.1, 0.15) is 0 Å². The Balaban J connectivity index is 1.90. The van der Waals surface area contributed by atoms with E-state index in [-0.39, 0.29) is 11.8 Å². The monoisotopic (exact) mass is 333 g/mol. The van der Waals surface area contributed by atoms with Crippen LogP contribution in [0.4, 0.5) is 5.69 Å². The van der Waals surface area contributed by atoms with Crippen molar-refractivity contribution in [2.24, 2.45) is 0 Å². The largest absolute Gasteiger partial charge is 0.368 e. The van der Waals surface area contributed by atoms with Gasteiger partial charge in [0.2, 0.25) is 0 Å². The Morgan fingerprint density at radius 1 is 1.30 bits per heavy atom. The molecule has 0 saturated carbocycles. The maximum absolute atomic E-state index is 12.4. The van der Waals surface area contributed by atoms with Gasteiger partial charge in [-0.25, -0.2) is 8.42 Å². The van der Waals surface area contributed by atoms with Crippen molar-refractivity contribution in [2.75, 3.05) is 23.7 Å². The number of nitrogens with zero attached hydrogens (tertiary/aromatic N) is 3. The third kappa shape index (κ3) is 3.27. The first-order valence-corrected chi connectivity index (χ1v) is 9.74. The van der Waals surface area contributed by atoms with E-state index in [0.717, 1.165) is 37.2 Å². The van der Waals surface area contributed by atoms with Gasteiger partial charge in [0.15, 0.2) is 9.84 Å². The van der Waals surface area contributed by atoms with Crippen molar-refractivity contribution in [1.82, 2.24) is 9.78 Å². The number of hydrogen-bond acceptors (Lipinski definition) is 4. The molecule has 6 heteroatoms. The molecule has 1 atom stereocenters. The number of piperidine rings is 1. The fourth-order valence-corrected chi connectivity index (χ4v) is 4.27. The molecule has 5 nitrogen and oxygen atoms in total. The number of para-hydroxylation sites is 1. The van der Waals surface area contributed by atoms with E-state index in [4.69, 9.17) is 0 Å². The first-order valence-electron chi connectivity index (χ1n) is 8.09. The summed E-state index contributed by atoms with van der Waals surface area (Å²) in [6.07, 6.45) is 6.03. The molecule has 0 aliphatic carbocycles.